The first-order valence-corrected chi connectivity index (χ1v) is 9.48. The number of nitrogens with one attached hydrogen (secondary N) is 1. The highest BCUT2D eigenvalue weighted by Gasteiger charge is 2.20. The van der Waals surface area contributed by atoms with E-state index in [-0.39, 0.29) is 5.78 Å². The molecule has 1 saturated heterocycles. The number of fused-ring (bicyclic) bond motifs is 1. The minimum atomic E-state index is 0.198. The van der Waals surface area contributed by atoms with Crippen LogP contribution in [-0.4, -0.2) is 23.9 Å². The van der Waals surface area contributed by atoms with E-state index in [0.717, 1.165) is 53.7 Å². The van der Waals surface area contributed by atoms with Crippen LogP contribution in [0.3, 0.4) is 0 Å². The second kappa shape index (κ2) is 7.56. The summed E-state index contributed by atoms with van der Waals surface area (Å²) in [5.74, 6) is 0.656. The summed E-state index contributed by atoms with van der Waals surface area (Å²) in [5.41, 5.74) is 3.34. The molecule has 1 aliphatic rings. The Balaban J connectivity index is 1.77. The number of aromatic nitrogens is 1. The molecule has 0 aliphatic carbocycles. The Hall–Kier alpha value is -2.23. The van der Waals surface area contributed by atoms with Gasteiger partial charge in [0, 0.05) is 28.0 Å². The minimum Gasteiger partial charge on any atom is -0.317 e. The summed E-state index contributed by atoms with van der Waals surface area (Å²) >= 11 is 6.17. The molecular formula is C22H21ClN2O. The largest absolute Gasteiger partial charge is 0.317 e. The van der Waals surface area contributed by atoms with Crippen molar-refractivity contribution < 1.29 is 4.79 Å². The summed E-state index contributed by atoms with van der Waals surface area (Å²) in [4.78, 5) is 17.9. The zero-order valence-corrected chi connectivity index (χ0v) is 15.3. The fourth-order valence-corrected chi connectivity index (χ4v) is 3.81. The normalized spacial score (nSPS) is 15.3. The van der Waals surface area contributed by atoms with Crippen molar-refractivity contribution in [3.63, 3.8) is 0 Å². The van der Waals surface area contributed by atoms with Gasteiger partial charge in [0.1, 0.15) is 0 Å². The standard InChI is InChI=1S/C22H21ClN2O/c23-17-6-7-18-19(22(26)12-15-8-10-24-11-9-15)14-20(25-21(18)13-17)16-4-2-1-3-5-16/h1-7,13-15,24H,8-12H2. The summed E-state index contributed by atoms with van der Waals surface area (Å²) in [6.45, 7) is 2.00. The molecule has 1 aromatic heterocycles. The van der Waals surface area contributed by atoms with Crippen LogP contribution in [0.1, 0.15) is 29.6 Å². The lowest BCUT2D eigenvalue weighted by Gasteiger charge is -2.22. The van der Waals surface area contributed by atoms with E-state index in [1.54, 1.807) is 0 Å². The predicted molar refractivity (Wildman–Crippen MR) is 107 cm³/mol. The predicted octanol–water partition coefficient (Wildman–Crippen LogP) is 5.13. The van der Waals surface area contributed by atoms with Crippen LogP contribution in [0.5, 0.6) is 0 Å². The second-order valence-corrected chi connectivity index (χ2v) is 7.34. The molecule has 4 rings (SSSR count). The molecule has 0 amide bonds. The second-order valence-electron chi connectivity index (χ2n) is 6.90. The Morgan fingerprint density at radius 2 is 1.85 bits per heavy atom. The van der Waals surface area contributed by atoms with E-state index in [2.05, 4.69) is 5.32 Å². The molecule has 1 aliphatic heterocycles. The molecule has 1 fully saturated rings. The highest BCUT2D eigenvalue weighted by atomic mass is 35.5. The summed E-state index contributed by atoms with van der Waals surface area (Å²) in [6, 6.07) is 17.5. The van der Waals surface area contributed by atoms with Gasteiger partial charge in [-0.3, -0.25) is 4.79 Å². The molecule has 3 aromatic rings. The van der Waals surface area contributed by atoms with Gasteiger partial charge in [-0.2, -0.15) is 0 Å². The zero-order valence-electron chi connectivity index (χ0n) is 14.5. The van der Waals surface area contributed by atoms with Crippen molar-refractivity contribution in [3.05, 3.63) is 65.2 Å². The fraction of sp³-hybridized carbons (Fsp3) is 0.273. The van der Waals surface area contributed by atoms with E-state index in [1.165, 1.54) is 0 Å². The van der Waals surface area contributed by atoms with Crippen molar-refractivity contribution in [2.75, 3.05) is 13.1 Å². The van der Waals surface area contributed by atoms with Gasteiger partial charge in [-0.1, -0.05) is 48.0 Å². The van der Waals surface area contributed by atoms with Crippen LogP contribution in [-0.2, 0) is 0 Å². The van der Waals surface area contributed by atoms with Crippen molar-refractivity contribution in [1.29, 1.82) is 0 Å². The van der Waals surface area contributed by atoms with Crippen LogP contribution in [0, 0.1) is 5.92 Å². The Bertz CT molecular complexity index is 934. The van der Waals surface area contributed by atoms with Gasteiger partial charge < -0.3 is 5.32 Å². The smallest absolute Gasteiger partial charge is 0.163 e. The summed E-state index contributed by atoms with van der Waals surface area (Å²) in [6.07, 6.45) is 2.72. The minimum absolute atomic E-state index is 0.198. The average Bonchev–Trinajstić information content (AvgIpc) is 2.68. The number of piperidine rings is 1. The van der Waals surface area contributed by atoms with Crippen LogP contribution >= 0.6 is 11.6 Å². The number of hydrogen-bond donors (Lipinski definition) is 1. The summed E-state index contributed by atoms with van der Waals surface area (Å²) in [5, 5.41) is 4.87. The lowest BCUT2D eigenvalue weighted by Crippen LogP contribution is -2.28. The number of Topliss-reactive ketones (excluding diaryl/α,β-unsaturated/α-hetero) is 1. The zero-order chi connectivity index (χ0) is 17.9. The topological polar surface area (TPSA) is 42.0 Å². The lowest BCUT2D eigenvalue weighted by atomic mass is 9.89. The Labute approximate surface area is 158 Å². The summed E-state index contributed by atoms with van der Waals surface area (Å²) < 4.78 is 0. The average molecular weight is 365 g/mol. The monoisotopic (exact) mass is 364 g/mol. The van der Waals surface area contributed by atoms with Crippen molar-refractivity contribution >= 4 is 28.3 Å². The molecule has 2 aromatic carbocycles. The highest BCUT2D eigenvalue weighted by molar-refractivity contribution is 6.31. The number of hydrogen-bond acceptors (Lipinski definition) is 3. The van der Waals surface area contributed by atoms with Gasteiger partial charge in [-0.05, 0) is 50.0 Å². The Morgan fingerprint density at radius 1 is 1.08 bits per heavy atom. The highest BCUT2D eigenvalue weighted by Crippen LogP contribution is 2.29. The molecule has 0 bridgehead atoms. The van der Waals surface area contributed by atoms with E-state index in [1.807, 2.05) is 54.6 Å². The first-order chi connectivity index (χ1) is 12.7. The third-order valence-electron chi connectivity index (χ3n) is 5.07. The summed E-state index contributed by atoms with van der Waals surface area (Å²) in [7, 11) is 0. The lowest BCUT2D eigenvalue weighted by molar-refractivity contribution is 0.0954. The third-order valence-corrected chi connectivity index (χ3v) is 5.31. The maximum Gasteiger partial charge on any atom is 0.163 e. The number of carbonyl (C=O) groups excluding carboxylic acids is 1. The van der Waals surface area contributed by atoms with Crippen molar-refractivity contribution in [2.45, 2.75) is 19.3 Å². The van der Waals surface area contributed by atoms with E-state index in [0.29, 0.717) is 17.4 Å². The molecule has 0 radical (unpaired) electrons. The van der Waals surface area contributed by atoms with E-state index in [9.17, 15) is 4.79 Å². The van der Waals surface area contributed by atoms with Crippen LogP contribution in [0.15, 0.2) is 54.6 Å². The van der Waals surface area contributed by atoms with Gasteiger partial charge in [0.2, 0.25) is 0 Å². The van der Waals surface area contributed by atoms with E-state index < -0.39 is 0 Å². The van der Waals surface area contributed by atoms with Crippen LogP contribution in [0.4, 0.5) is 0 Å². The van der Waals surface area contributed by atoms with Crippen LogP contribution in [0.25, 0.3) is 22.2 Å². The number of benzene rings is 2. The van der Waals surface area contributed by atoms with Gasteiger partial charge in [-0.15, -0.1) is 0 Å². The molecule has 0 unspecified atom stereocenters. The molecular weight excluding hydrogens is 344 g/mol. The Kier molecular flexibility index (Phi) is 5.00. The molecule has 4 heteroatoms. The molecule has 0 atom stereocenters. The number of ketones is 1. The van der Waals surface area contributed by atoms with Crippen molar-refractivity contribution in [3.8, 4) is 11.3 Å². The van der Waals surface area contributed by atoms with Gasteiger partial charge in [0.05, 0.1) is 11.2 Å². The molecule has 2 heterocycles. The quantitative estimate of drug-likeness (QED) is 0.653. The van der Waals surface area contributed by atoms with Gasteiger partial charge in [0.25, 0.3) is 0 Å². The molecule has 0 spiro atoms. The number of rotatable bonds is 4. The van der Waals surface area contributed by atoms with Crippen molar-refractivity contribution in [1.82, 2.24) is 10.3 Å². The number of carbonyl (C=O) groups is 1. The SMILES string of the molecule is O=C(CC1CCNCC1)c1cc(-c2ccccc2)nc2cc(Cl)ccc12. The number of nitrogens with zero attached hydrogens (tertiary/aromatic N) is 1. The van der Waals surface area contributed by atoms with Crippen LogP contribution in [0.2, 0.25) is 5.02 Å². The molecule has 0 saturated carbocycles. The van der Waals surface area contributed by atoms with Gasteiger partial charge in [0.15, 0.2) is 5.78 Å². The Morgan fingerprint density at radius 3 is 2.62 bits per heavy atom. The molecule has 26 heavy (non-hydrogen) atoms. The first kappa shape index (κ1) is 17.2. The molecule has 1 N–H and O–H groups in total. The maximum atomic E-state index is 13.1. The first-order valence-electron chi connectivity index (χ1n) is 9.10. The molecule has 132 valence electrons. The van der Waals surface area contributed by atoms with E-state index >= 15 is 0 Å². The fourth-order valence-electron chi connectivity index (χ4n) is 3.65. The number of halogens is 1. The van der Waals surface area contributed by atoms with Crippen LogP contribution < -0.4 is 5.32 Å². The van der Waals surface area contributed by atoms with Crippen molar-refractivity contribution in [2.24, 2.45) is 5.92 Å². The number of pyridine rings is 1. The maximum absolute atomic E-state index is 13.1. The van der Waals surface area contributed by atoms with Gasteiger partial charge >= 0.3 is 0 Å². The van der Waals surface area contributed by atoms with E-state index in [4.69, 9.17) is 16.6 Å². The molecule has 3 nitrogen and oxygen atoms in total. The third kappa shape index (κ3) is 3.64. The van der Waals surface area contributed by atoms with Gasteiger partial charge in [-0.25, -0.2) is 4.98 Å².